The second kappa shape index (κ2) is 7.97. The van der Waals surface area contributed by atoms with Crippen molar-refractivity contribution >= 4 is 23.2 Å². The van der Waals surface area contributed by atoms with E-state index in [9.17, 15) is 0 Å². The molecule has 0 aliphatic carbocycles. The van der Waals surface area contributed by atoms with Crippen molar-refractivity contribution in [3.05, 3.63) is 51.5 Å². The minimum absolute atomic E-state index is 0.287. The summed E-state index contributed by atoms with van der Waals surface area (Å²) in [5, 5.41) is 4.45. The molecule has 3 rings (SSSR count). The lowest BCUT2D eigenvalue weighted by atomic mass is 10.2. The number of hydrogen-bond acceptors (Lipinski definition) is 4. The van der Waals surface area contributed by atoms with Crippen LogP contribution in [-0.2, 0) is 13.1 Å². The normalized spacial score (nSPS) is 12.5. The maximum absolute atomic E-state index is 6.26. The zero-order valence-corrected chi connectivity index (χ0v) is 14.9. The molecule has 1 aliphatic heterocycles. The van der Waals surface area contributed by atoms with Crippen LogP contribution in [0.1, 0.15) is 24.5 Å². The summed E-state index contributed by atoms with van der Waals surface area (Å²) in [5.41, 5.74) is 2.13. The van der Waals surface area contributed by atoms with Gasteiger partial charge in [0.25, 0.3) is 0 Å². The summed E-state index contributed by atoms with van der Waals surface area (Å²) in [6.45, 7) is 4.29. The molecule has 4 nitrogen and oxygen atoms in total. The monoisotopic (exact) mass is 367 g/mol. The fraction of sp³-hybridized carbons (Fsp3) is 0.333. The fourth-order valence-corrected chi connectivity index (χ4v) is 3.10. The topological polar surface area (TPSA) is 39.7 Å². The van der Waals surface area contributed by atoms with E-state index in [1.807, 2.05) is 37.3 Å². The van der Waals surface area contributed by atoms with Gasteiger partial charge in [0.1, 0.15) is 0 Å². The quantitative estimate of drug-likeness (QED) is 0.762. The van der Waals surface area contributed by atoms with E-state index in [-0.39, 0.29) is 6.79 Å². The Kier molecular flexibility index (Phi) is 5.72. The van der Waals surface area contributed by atoms with Gasteiger partial charge in [0.05, 0.1) is 16.7 Å². The molecule has 128 valence electrons. The molecule has 0 spiro atoms. The van der Waals surface area contributed by atoms with E-state index in [2.05, 4.69) is 5.32 Å². The standard InChI is InChI=1S/C18H19Cl2NO3/c1-2-5-22-18-14(19)6-13(7-15(18)20)10-21-9-12-3-4-16-17(8-12)24-11-23-16/h3-4,6-8,21H,2,5,9-11H2,1H3. The van der Waals surface area contributed by atoms with Gasteiger partial charge >= 0.3 is 0 Å². The first-order chi connectivity index (χ1) is 11.7. The van der Waals surface area contributed by atoms with Gasteiger partial charge in [0, 0.05) is 13.1 Å². The number of benzene rings is 2. The van der Waals surface area contributed by atoms with Crippen LogP contribution in [0.2, 0.25) is 10.0 Å². The number of hydrogen-bond donors (Lipinski definition) is 1. The second-order valence-electron chi connectivity index (χ2n) is 5.53. The van der Waals surface area contributed by atoms with Gasteiger partial charge in [-0.2, -0.15) is 0 Å². The van der Waals surface area contributed by atoms with Crippen LogP contribution in [0.15, 0.2) is 30.3 Å². The van der Waals surface area contributed by atoms with Crippen molar-refractivity contribution in [2.24, 2.45) is 0 Å². The highest BCUT2D eigenvalue weighted by molar-refractivity contribution is 6.37. The minimum Gasteiger partial charge on any atom is -0.490 e. The van der Waals surface area contributed by atoms with Crippen molar-refractivity contribution in [1.82, 2.24) is 5.32 Å². The maximum atomic E-state index is 6.26. The second-order valence-corrected chi connectivity index (χ2v) is 6.34. The van der Waals surface area contributed by atoms with Crippen molar-refractivity contribution in [3.63, 3.8) is 0 Å². The Labute approximate surface area is 151 Å². The highest BCUT2D eigenvalue weighted by atomic mass is 35.5. The summed E-state index contributed by atoms with van der Waals surface area (Å²) in [4.78, 5) is 0. The van der Waals surface area contributed by atoms with Crippen LogP contribution in [-0.4, -0.2) is 13.4 Å². The largest absolute Gasteiger partial charge is 0.490 e. The predicted octanol–water partition coefficient (Wildman–Crippen LogP) is 4.80. The summed E-state index contributed by atoms with van der Waals surface area (Å²) < 4.78 is 16.3. The van der Waals surface area contributed by atoms with Crippen molar-refractivity contribution in [3.8, 4) is 17.2 Å². The Morgan fingerprint density at radius 2 is 1.71 bits per heavy atom. The average molecular weight is 368 g/mol. The van der Waals surface area contributed by atoms with E-state index >= 15 is 0 Å². The summed E-state index contributed by atoms with van der Waals surface area (Å²) in [7, 11) is 0. The predicted molar refractivity (Wildman–Crippen MR) is 95.4 cm³/mol. The molecule has 0 bridgehead atoms. The third kappa shape index (κ3) is 4.07. The Morgan fingerprint density at radius 1 is 1.00 bits per heavy atom. The highest BCUT2D eigenvalue weighted by Crippen LogP contribution is 2.35. The van der Waals surface area contributed by atoms with Crippen LogP contribution in [0.5, 0.6) is 17.2 Å². The van der Waals surface area contributed by atoms with Crippen LogP contribution >= 0.6 is 23.2 Å². The summed E-state index contributed by atoms with van der Waals surface area (Å²) in [6.07, 6.45) is 0.908. The van der Waals surface area contributed by atoms with Crippen molar-refractivity contribution in [1.29, 1.82) is 0 Å². The number of halogens is 2. The molecule has 1 N–H and O–H groups in total. The SMILES string of the molecule is CCCOc1c(Cl)cc(CNCc2ccc3c(c2)OCO3)cc1Cl. The molecule has 0 saturated carbocycles. The van der Waals surface area contributed by atoms with Crippen molar-refractivity contribution < 1.29 is 14.2 Å². The number of fused-ring (bicyclic) bond motifs is 1. The number of ether oxygens (including phenoxy) is 3. The molecule has 0 fully saturated rings. The first-order valence-electron chi connectivity index (χ1n) is 7.87. The zero-order valence-electron chi connectivity index (χ0n) is 13.4. The number of nitrogens with one attached hydrogen (secondary N) is 1. The van der Waals surface area contributed by atoms with Crippen LogP contribution in [0.25, 0.3) is 0 Å². The van der Waals surface area contributed by atoms with Gasteiger partial charge in [-0.3, -0.25) is 0 Å². The lowest BCUT2D eigenvalue weighted by Crippen LogP contribution is -2.12. The fourth-order valence-electron chi connectivity index (χ4n) is 2.46. The van der Waals surface area contributed by atoms with E-state index in [0.717, 1.165) is 29.0 Å². The van der Waals surface area contributed by atoms with E-state index in [0.29, 0.717) is 35.5 Å². The van der Waals surface area contributed by atoms with E-state index in [1.165, 1.54) is 0 Å². The molecule has 0 aromatic heterocycles. The minimum atomic E-state index is 0.287. The van der Waals surface area contributed by atoms with Gasteiger partial charge in [-0.15, -0.1) is 0 Å². The third-order valence-corrected chi connectivity index (χ3v) is 4.17. The average Bonchev–Trinajstić information content (AvgIpc) is 3.02. The van der Waals surface area contributed by atoms with Gasteiger partial charge in [-0.1, -0.05) is 36.2 Å². The summed E-state index contributed by atoms with van der Waals surface area (Å²) in [6, 6.07) is 9.68. The van der Waals surface area contributed by atoms with Gasteiger partial charge < -0.3 is 19.5 Å². The van der Waals surface area contributed by atoms with E-state index in [1.54, 1.807) is 0 Å². The smallest absolute Gasteiger partial charge is 0.231 e. The molecule has 0 saturated heterocycles. The Bertz CT molecular complexity index is 698. The summed E-state index contributed by atoms with van der Waals surface area (Å²) in [5.74, 6) is 2.14. The van der Waals surface area contributed by atoms with Gasteiger partial charge in [-0.05, 0) is 41.8 Å². The maximum Gasteiger partial charge on any atom is 0.231 e. The molecular weight excluding hydrogens is 349 g/mol. The molecule has 2 aromatic rings. The zero-order chi connectivity index (χ0) is 16.9. The third-order valence-electron chi connectivity index (χ3n) is 3.60. The van der Waals surface area contributed by atoms with Gasteiger partial charge in [0.15, 0.2) is 17.2 Å². The molecule has 1 aliphatic rings. The highest BCUT2D eigenvalue weighted by Gasteiger charge is 2.13. The molecule has 2 aromatic carbocycles. The molecule has 0 radical (unpaired) electrons. The molecule has 1 heterocycles. The molecule has 24 heavy (non-hydrogen) atoms. The Morgan fingerprint density at radius 3 is 2.46 bits per heavy atom. The Hall–Kier alpha value is -1.62. The van der Waals surface area contributed by atoms with E-state index < -0.39 is 0 Å². The molecule has 0 atom stereocenters. The van der Waals surface area contributed by atoms with Crippen LogP contribution < -0.4 is 19.5 Å². The molecule has 0 unspecified atom stereocenters. The van der Waals surface area contributed by atoms with E-state index in [4.69, 9.17) is 37.4 Å². The van der Waals surface area contributed by atoms with Gasteiger partial charge in [-0.25, -0.2) is 0 Å². The molecule has 0 amide bonds. The number of rotatable bonds is 7. The molecular formula is C18H19Cl2NO3. The lowest BCUT2D eigenvalue weighted by Gasteiger charge is -2.12. The van der Waals surface area contributed by atoms with Crippen LogP contribution in [0.3, 0.4) is 0 Å². The van der Waals surface area contributed by atoms with Crippen LogP contribution in [0.4, 0.5) is 0 Å². The summed E-state index contributed by atoms with van der Waals surface area (Å²) >= 11 is 12.5. The van der Waals surface area contributed by atoms with Gasteiger partial charge in [0.2, 0.25) is 6.79 Å². The Balaban J connectivity index is 1.58. The first kappa shape index (κ1) is 17.2. The lowest BCUT2D eigenvalue weighted by molar-refractivity contribution is 0.174. The van der Waals surface area contributed by atoms with Crippen molar-refractivity contribution in [2.75, 3.05) is 13.4 Å². The van der Waals surface area contributed by atoms with Crippen molar-refractivity contribution in [2.45, 2.75) is 26.4 Å². The van der Waals surface area contributed by atoms with Crippen LogP contribution in [0, 0.1) is 0 Å². The molecule has 6 heteroatoms. The first-order valence-corrected chi connectivity index (χ1v) is 8.63.